The van der Waals surface area contributed by atoms with Crippen LogP contribution in [0.3, 0.4) is 0 Å². The summed E-state index contributed by atoms with van der Waals surface area (Å²) in [6.45, 7) is 0. The number of carbonyl (C=O) groups excluding carboxylic acids is 1. The van der Waals surface area contributed by atoms with E-state index in [1.807, 2.05) is 17.3 Å². The van der Waals surface area contributed by atoms with Crippen LogP contribution >= 0.6 is 0 Å². The number of nitrogen functional groups attached to an aromatic ring is 1. The number of pyridine rings is 1. The van der Waals surface area contributed by atoms with Crippen LogP contribution in [0.15, 0.2) is 24.8 Å². The zero-order valence-electron chi connectivity index (χ0n) is 20.9. The molecule has 11 nitrogen and oxygen atoms in total. The predicted octanol–water partition coefficient (Wildman–Crippen LogP) is 2.90. The summed E-state index contributed by atoms with van der Waals surface area (Å²) >= 11 is 0. The highest BCUT2D eigenvalue weighted by Crippen LogP contribution is 2.50. The number of aliphatic hydroxyl groups is 1. The average Bonchev–Trinajstić information content (AvgIpc) is 3.24. The van der Waals surface area contributed by atoms with Gasteiger partial charge in [-0.25, -0.2) is 4.98 Å². The van der Waals surface area contributed by atoms with Crippen molar-refractivity contribution in [3.8, 4) is 11.1 Å². The highest BCUT2D eigenvalue weighted by atomic mass is 16.3. The first-order chi connectivity index (χ1) is 18.6. The molecule has 2 saturated heterocycles. The molecule has 0 aromatic carbocycles. The van der Waals surface area contributed by atoms with Gasteiger partial charge in [-0.15, -0.1) is 10.2 Å². The lowest BCUT2D eigenvalue weighted by Crippen LogP contribution is -2.46. The molecule has 11 heteroatoms. The second-order valence-corrected chi connectivity index (χ2v) is 11.3. The molecule has 2 aliphatic carbocycles. The fourth-order valence-corrected chi connectivity index (χ4v) is 7.11. The number of carbonyl (C=O) groups is 1. The largest absolute Gasteiger partial charge is 0.387 e. The first kappa shape index (κ1) is 22.2. The summed E-state index contributed by atoms with van der Waals surface area (Å²) in [4.78, 5) is 27.9. The lowest BCUT2D eigenvalue weighted by molar-refractivity contribution is 0.0557. The Labute approximate surface area is 218 Å². The van der Waals surface area contributed by atoms with Crippen LogP contribution in [0.5, 0.6) is 0 Å². The summed E-state index contributed by atoms with van der Waals surface area (Å²) in [7, 11) is 0. The van der Waals surface area contributed by atoms with E-state index in [1.54, 1.807) is 4.52 Å². The summed E-state index contributed by atoms with van der Waals surface area (Å²) in [6.07, 6.45) is 12.1. The summed E-state index contributed by atoms with van der Waals surface area (Å²) in [5.74, 6) is 1.57. The lowest BCUT2D eigenvalue weighted by Gasteiger charge is -2.39. The number of nitrogens with two attached hydrogens (primary N) is 1. The smallest absolute Gasteiger partial charge is 0.292 e. The second-order valence-electron chi connectivity index (χ2n) is 11.3. The van der Waals surface area contributed by atoms with Gasteiger partial charge < -0.3 is 20.7 Å². The Bertz CT molecular complexity index is 1560. The highest BCUT2D eigenvalue weighted by molar-refractivity contribution is 5.91. The van der Waals surface area contributed by atoms with Gasteiger partial charge in [0.05, 0.1) is 23.7 Å². The van der Waals surface area contributed by atoms with Crippen molar-refractivity contribution in [1.29, 1.82) is 0 Å². The molecule has 3 fully saturated rings. The van der Waals surface area contributed by atoms with E-state index < -0.39 is 6.10 Å². The molecular formula is C27H29N9O2. The molecule has 4 aromatic heterocycles. The molecule has 0 spiro atoms. The van der Waals surface area contributed by atoms with Gasteiger partial charge in [-0.3, -0.25) is 9.78 Å². The van der Waals surface area contributed by atoms with Crippen LogP contribution in [0.1, 0.15) is 96.0 Å². The minimum Gasteiger partial charge on any atom is -0.387 e. The Hall–Kier alpha value is -3.86. The number of hydrogen-bond acceptors (Lipinski definition) is 8. The van der Waals surface area contributed by atoms with Crippen molar-refractivity contribution in [2.75, 3.05) is 5.73 Å². The Morgan fingerprint density at radius 1 is 1.05 bits per heavy atom. The monoisotopic (exact) mass is 511 g/mol. The number of hydrogen-bond donors (Lipinski definition) is 3. The molecule has 38 heavy (non-hydrogen) atoms. The maximum Gasteiger partial charge on any atom is 0.292 e. The second kappa shape index (κ2) is 8.07. The Morgan fingerprint density at radius 3 is 2.61 bits per heavy atom. The van der Waals surface area contributed by atoms with Crippen molar-refractivity contribution in [2.24, 2.45) is 0 Å². The van der Waals surface area contributed by atoms with E-state index in [9.17, 15) is 9.90 Å². The molecule has 6 heterocycles. The molecule has 0 radical (unpaired) electrons. The molecule has 4 N–H and O–H groups in total. The Morgan fingerprint density at radius 2 is 1.87 bits per heavy atom. The number of rotatable bonds is 4. The summed E-state index contributed by atoms with van der Waals surface area (Å²) in [5.41, 5.74) is 13.5. The van der Waals surface area contributed by atoms with E-state index in [0.29, 0.717) is 24.0 Å². The molecule has 4 aliphatic rings. The van der Waals surface area contributed by atoms with Gasteiger partial charge in [0.2, 0.25) is 5.82 Å². The van der Waals surface area contributed by atoms with Gasteiger partial charge in [-0.2, -0.15) is 9.61 Å². The van der Waals surface area contributed by atoms with Crippen LogP contribution in [-0.2, 0) is 6.42 Å². The number of aryl methyl sites for hydroxylation is 1. The van der Waals surface area contributed by atoms with E-state index in [-0.39, 0.29) is 23.9 Å². The van der Waals surface area contributed by atoms with E-state index in [4.69, 9.17) is 10.7 Å². The molecular weight excluding hydrogens is 482 g/mol. The SMILES string of the molecule is Nc1c(C2CC2)c(C2CC3CC[C@H](C2)N3C(=O)c2nnc[nH]2)nc2c(-c3cnc4c(c3)CCC4O)cnn12. The van der Waals surface area contributed by atoms with Crippen molar-refractivity contribution in [2.45, 2.75) is 81.4 Å². The Kier molecular flexibility index (Phi) is 4.70. The lowest BCUT2D eigenvalue weighted by atomic mass is 9.85. The molecule has 8 rings (SSSR count). The highest BCUT2D eigenvalue weighted by Gasteiger charge is 2.46. The number of aromatic nitrogens is 7. The van der Waals surface area contributed by atoms with Gasteiger partial charge in [0.25, 0.3) is 5.91 Å². The molecule has 2 bridgehead atoms. The van der Waals surface area contributed by atoms with Crippen LogP contribution in [0, 0.1) is 0 Å². The third-order valence-electron chi connectivity index (χ3n) is 9.02. The van der Waals surface area contributed by atoms with Gasteiger partial charge in [0, 0.05) is 40.9 Å². The normalized spacial score (nSPS) is 26.3. The number of nitrogens with zero attached hydrogens (tertiary/aromatic N) is 7. The van der Waals surface area contributed by atoms with Gasteiger partial charge in [-0.1, -0.05) is 0 Å². The third-order valence-corrected chi connectivity index (χ3v) is 9.02. The van der Waals surface area contributed by atoms with Crippen molar-refractivity contribution in [1.82, 2.24) is 39.7 Å². The number of piperidine rings is 1. The van der Waals surface area contributed by atoms with E-state index in [2.05, 4.69) is 31.3 Å². The van der Waals surface area contributed by atoms with Gasteiger partial charge in [0.1, 0.15) is 12.1 Å². The number of H-pyrrole nitrogens is 1. The summed E-state index contributed by atoms with van der Waals surface area (Å²) in [6, 6.07) is 2.41. The fraction of sp³-hybridized carbons (Fsp3) is 0.481. The maximum absolute atomic E-state index is 13.2. The van der Waals surface area contributed by atoms with Crippen LogP contribution < -0.4 is 5.73 Å². The standard InChI is InChI=1S/C27H29N9O2/c28-24-21(13-1-2-13)23(15-8-17-4-5-18(9-15)35(17)27(38)25-30-12-31-34-25)33-26-19(11-32-36(24)26)16-7-14-3-6-20(37)22(14)29-10-16/h7,10-13,15,17-18,20,37H,1-6,8-9,28H2,(H,30,31,34)/t15?,17-,18?,20?/m1/s1. The van der Waals surface area contributed by atoms with Crippen LogP contribution in [0.2, 0.25) is 0 Å². The fourth-order valence-electron chi connectivity index (χ4n) is 7.11. The first-order valence-corrected chi connectivity index (χ1v) is 13.6. The zero-order chi connectivity index (χ0) is 25.5. The predicted molar refractivity (Wildman–Crippen MR) is 137 cm³/mol. The number of nitrogens with one attached hydrogen (secondary N) is 1. The Balaban J connectivity index is 1.19. The van der Waals surface area contributed by atoms with Gasteiger partial charge >= 0.3 is 0 Å². The summed E-state index contributed by atoms with van der Waals surface area (Å²) < 4.78 is 1.78. The topological polar surface area (TPSA) is 151 Å². The van der Waals surface area contributed by atoms with Gasteiger partial charge in [0.15, 0.2) is 5.65 Å². The average molecular weight is 512 g/mol. The molecule has 1 amide bonds. The molecule has 3 unspecified atom stereocenters. The van der Waals surface area contributed by atoms with E-state index >= 15 is 0 Å². The van der Waals surface area contributed by atoms with Crippen molar-refractivity contribution in [3.63, 3.8) is 0 Å². The number of aromatic amines is 1. The molecule has 4 atom stereocenters. The molecule has 4 aromatic rings. The minimum atomic E-state index is -0.485. The van der Waals surface area contributed by atoms with E-state index in [0.717, 1.165) is 84.2 Å². The number of fused-ring (bicyclic) bond motifs is 4. The van der Waals surface area contributed by atoms with Crippen molar-refractivity contribution >= 4 is 17.4 Å². The van der Waals surface area contributed by atoms with Gasteiger partial charge in [-0.05, 0) is 68.9 Å². The third kappa shape index (κ3) is 3.24. The number of aliphatic hydroxyl groups excluding tert-OH is 1. The first-order valence-electron chi connectivity index (χ1n) is 13.6. The zero-order valence-corrected chi connectivity index (χ0v) is 20.9. The molecule has 194 valence electrons. The maximum atomic E-state index is 13.2. The molecule has 1 saturated carbocycles. The van der Waals surface area contributed by atoms with Crippen LogP contribution in [0.25, 0.3) is 16.8 Å². The summed E-state index contributed by atoms with van der Waals surface area (Å²) in [5, 5.41) is 22.6. The minimum absolute atomic E-state index is 0.0638. The van der Waals surface area contributed by atoms with E-state index in [1.165, 1.54) is 6.33 Å². The number of amides is 1. The molecule has 2 aliphatic heterocycles. The van der Waals surface area contributed by atoms with Crippen LogP contribution in [0.4, 0.5) is 5.82 Å². The van der Waals surface area contributed by atoms with Crippen LogP contribution in [-0.4, -0.2) is 62.8 Å². The quantitative estimate of drug-likeness (QED) is 0.378. The number of anilines is 1. The van der Waals surface area contributed by atoms with Crippen molar-refractivity contribution in [3.05, 3.63) is 53.1 Å². The van der Waals surface area contributed by atoms with Crippen molar-refractivity contribution < 1.29 is 9.90 Å².